The number of rotatable bonds is 12. The number of benzene rings is 1. The van der Waals surface area contributed by atoms with Crippen LogP contribution < -0.4 is 10.1 Å². The Hall–Kier alpha value is -1.92. The number of ether oxygens (including phenoxy) is 1. The van der Waals surface area contributed by atoms with Crippen LogP contribution in [0.4, 0.5) is 0 Å². The number of likely N-dealkylation sites (tertiary alicyclic amines) is 1. The van der Waals surface area contributed by atoms with Crippen molar-refractivity contribution < 1.29 is 13.9 Å². The number of carbonyl (C=O) groups is 1. The van der Waals surface area contributed by atoms with Crippen molar-refractivity contribution in [2.75, 3.05) is 32.0 Å². The van der Waals surface area contributed by atoms with Crippen molar-refractivity contribution in [1.82, 2.24) is 10.2 Å². The van der Waals surface area contributed by atoms with E-state index in [1.54, 1.807) is 24.3 Å². The first-order valence-corrected chi connectivity index (χ1v) is 12.1. The monoisotopic (exact) mass is 430 g/mol. The van der Waals surface area contributed by atoms with Gasteiger partial charge in [-0.1, -0.05) is 19.1 Å². The predicted octanol–water partition coefficient (Wildman–Crippen LogP) is 4.72. The largest absolute Gasteiger partial charge is 0.494 e. The van der Waals surface area contributed by atoms with Gasteiger partial charge >= 0.3 is 0 Å². The Bertz CT molecular complexity index is 751. The van der Waals surface area contributed by atoms with Crippen molar-refractivity contribution in [2.24, 2.45) is 5.92 Å². The fraction of sp³-hybridized carbons (Fsp3) is 0.542. The van der Waals surface area contributed by atoms with E-state index in [2.05, 4.69) is 35.3 Å². The van der Waals surface area contributed by atoms with E-state index < -0.39 is 0 Å². The maximum Gasteiger partial charge on any atom is 0.220 e. The number of furan rings is 1. The maximum atomic E-state index is 12.0. The minimum Gasteiger partial charge on any atom is -0.494 e. The Morgan fingerprint density at radius 1 is 1.33 bits per heavy atom. The third-order valence-corrected chi connectivity index (χ3v) is 6.31. The van der Waals surface area contributed by atoms with Gasteiger partial charge in [0.1, 0.15) is 5.75 Å². The summed E-state index contributed by atoms with van der Waals surface area (Å²) in [4.78, 5) is 14.5. The molecule has 0 bridgehead atoms. The Kier molecular flexibility index (Phi) is 9.64. The fourth-order valence-corrected chi connectivity index (χ4v) is 4.55. The molecule has 1 aromatic carbocycles. The number of nitrogens with zero attached hydrogens (tertiary/aromatic N) is 1. The summed E-state index contributed by atoms with van der Waals surface area (Å²) in [5.74, 6) is 3.59. The molecule has 3 rings (SSSR count). The first-order chi connectivity index (χ1) is 14.7. The van der Waals surface area contributed by atoms with Gasteiger partial charge in [-0.05, 0) is 55.5 Å². The maximum absolute atomic E-state index is 12.0. The van der Waals surface area contributed by atoms with E-state index in [0.29, 0.717) is 19.6 Å². The van der Waals surface area contributed by atoms with Crippen LogP contribution in [0.2, 0.25) is 0 Å². The van der Waals surface area contributed by atoms with Gasteiger partial charge in [0.2, 0.25) is 5.91 Å². The van der Waals surface area contributed by atoms with Gasteiger partial charge < -0.3 is 14.5 Å². The number of thioether (sulfide) groups is 1. The summed E-state index contributed by atoms with van der Waals surface area (Å²) in [6.07, 6.45) is 7.31. The highest BCUT2D eigenvalue weighted by molar-refractivity contribution is 7.98. The van der Waals surface area contributed by atoms with E-state index >= 15 is 0 Å². The zero-order valence-corrected chi connectivity index (χ0v) is 18.8. The van der Waals surface area contributed by atoms with Gasteiger partial charge in [-0.3, -0.25) is 9.69 Å². The quantitative estimate of drug-likeness (QED) is 0.494. The SMILES string of the molecule is CC1CCCN(Cc2cccc(OCCCC(=O)NCCSCc3ccoc3)c2)C1. The number of amides is 1. The highest BCUT2D eigenvalue weighted by Crippen LogP contribution is 2.20. The van der Waals surface area contributed by atoms with E-state index in [1.165, 1.54) is 37.1 Å². The first-order valence-electron chi connectivity index (χ1n) is 11.0. The van der Waals surface area contributed by atoms with Crippen molar-refractivity contribution in [3.63, 3.8) is 0 Å². The predicted molar refractivity (Wildman–Crippen MR) is 123 cm³/mol. The van der Waals surface area contributed by atoms with Gasteiger partial charge in [0.05, 0.1) is 19.1 Å². The molecule has 0 radical (unpaired) electrons. The van der Waals surface area contributed by atoms with Gasteiger partial charge in [0, 0.05) is 43.1 Å². The topological polar surface area (TPSA) is 54.7 Å². The minimum absolute atomic E-state index is 0.0930. The Morgan fingerprint density at radius 2 is 2.27 bits per heavy atom. The molecular formula is C24H34N2O3S. The van der Waals surface area contributed by atoms with Gasteiger partial charge in [0.25, 0.3) is 0 Å². The highest BCUT2D eigenvalue weighted by Gasteiger charge is 2.16. The molecule has 2 aromatic rings. The molecule has 5 nitrogen and oxygen atoms in total. The first kappa shape index (κ1) is 22.8. The second-order valence-electron chi connectivity index (χ2n) is 8.12. The molecule has 6 heteroatoms. The second-order valence-corrected chi connectivity index (χ2v) is 9.22. The summed E-state index contributed by atoms with van der Waals surface area (Å²) in [5.41, 5.74) is 2.48. The summed E-state index contributed by atoms with van der Waals surface area (Å²) in [7, 11) is 0. The Morgan fingerprint density at radius 3 is 3.10 bits per heavy atom. The third kappa shape index (κ3) is 8.44. The average Bonchev–Trinajstić information content (AvgIpc) is 3.25. The van der Waals surface area contributed by atoms with Crippen molar-refractivity contribution >= 4 is 17.7 Å². The number of piperidine rings is 1. The molecular weight excluding hydrogens is 396 g/mol. The van der Waals surface area contributed by atoms with Crippen LogP contribution in [0.1, 0.15) is 43.7 Å². The molecule has 1 amide bonds. The molecule has 1 atom stereocenters. The molecule has 0 aliphatic carbocycles. The summed E-state index contributed by atoms with van der Waals surface area (Å²) in [5, 5.41) is 2.98. The summed E-state index contributed by atoms with van der Waals surface area (Å²) < 4.78 is 10.9. The molecule has 30 heavy (non-hydrogen) atoms. The van der Waals surface area contributed by atoms with E-state index in [4.69, 9.17) is 9.15 Å². The fourth-order valence-electron chi connectivity index (χ4n) is 3.76. The van der Waals surface area contributed by atoms with Crippen LogP contribution in [0.3, 0.4) is 0 Å². The lowest BCUT2D eigenvalue weighted by Gasteiger charge is -2.30. The minimum atomic E-state index is 0.0930. The molecule has 1 N–H and O–H groups in total. The number of hydrogen-bond donors (Lipinski definition) is 1. The number of hydrogen-bond acceptors (Lipinski definition) is 5. The lowest BCUT2D eigenvalue weighted by atomic mass is 10.00. The highest BCUT2D eigenvalue weighted by atomic mass is 32.2. The molecule has 1 aromatic heterocycles. The smallest absolute Gasteiger partial charge is 0.220 e. The van der Waals surface area contributed by atoms with E-state index in [-0.39, 0.29) is 5.91 Å². The zero-order valence-electron chi connectivity index (χ0n) is 18.0. The van der Waals surface area contributed by atoms with E-state index in [0.717, 1.165) is 36.1 Å². The summed E-state index contributed by atoms with van der Waals surface area (Å²) in [6.45, 7) is 6.95. The molecule has 1 fully saturated rings. The molecule has 1 aliphatic heterocycles. The normalized spacial score (nSPS) is 17.0. The van der Waals surface area contributed by atoms with Crippen LogP contribution in [0, 0.1) is 5.92 Å². The van der Waals surface area contributed by atoms with Crippen LogP contribution in [0.25, 0.3) is 0 Å². The van der Waals surface area contributed by atoms with Gasteiger partial charge in [0.15, 0.2) is 0 Å². The van der Waals surface area contributed by atoms with Crippen LogP contribution in [0.15, 0.2) is 47.3 Å². The lowest BCUT2D eigenvalue weighted by Crippen LogP contribution is -2.33. The zero-order chi connectivity index (χ0) is 21.0. The molecule has 0 saturated carbocycles. The van der Waals surface area contributed by atoms with E-state index in [1.807, 2.05) is 12.1 Å². The number of carbonyl (C=O) groups excluding carboxylic acids is 1. The molecule has 0 spiro atoms. The molecule has 164 valence electrons. The summed E-state index contributed by atoms with van der Waals surface area (Å²) >= 11 is 1.79. The van der Waals surface area contributed by atoms with Gasteiger partial charge in [-0.2, -0.15) is 11.8 Å². The van der Waals surface area contributed by atoms with Crippen LogP contribution in [-0.2, 0) is 17.1 Å². The molecule has 2 heterocycles. The molecule has 1 aliphatic rings. The van der Waals surface area contributed by atoms with Gasteiger partial charge in [-0.15, -0.1) is 0 Å². The van der Waals surface area contributed by atoms with Crippen molar-refractivity contribution in [2.45, 2.75) is 44.9 Å². The van der Waals surface area contributed by atoms with Crippen molar-refractivity contribution in [1.29, 1.82) is 0 Å². The molecule has 1 unspecified atom stereocenters. The lowest BCUT2D eigenvalue weighted by molar-refractivity contribution is -0.121. The van der Waals surface area contributed by atoms with Crippen LogP contribution in [0.5, 0.6) is 5.75 Å². The number of nitrogens with one attached hydrogen (secondary N) is 1. The standard InChI is InChI=1S/C24H34N2O3S/c1-20-5-3-11-26(16-20)17-21-6-2-7-23(15-21)29-12-4-8-24(27)25-10-14-30-19-22-9-13-28-18-22/h2,6-7,9,13,15,18,20H,3-5,8,10-12,14,16-17,19H2,1H3,(H,25,27). The Labute approximate surface area is 184 Å². The third-order valence-electron chi connectivity index (χ3n) is 5.28. The van der Waals surface area contributed by atoms with E-state index in [9.17, 15) is 4.79 Å². The van der Waals surface area contributed by atoms with Crippen molar-refractivity contribution in [3.8, 4) is 5.75 Å². The second kappa shape index (κ2) is 12.7. The molecule has 1 saturated heterocycles. The van der Waals surface area contributed by atoms with Crippen LogP contribution in [-0.4, -0.2) is 42.8 Å². The summed E-state index contributed by atoms with van der Waals surface area (Å²) in [6, 6.07) is 10.3. The van der Waals surface area contributed by atoms with Gasteiger partial charge in [-0.25, -0.2) is 0 Å². The van der Waals surface area contributed by atoms with Crippen molar-refractivity contribution in [3.05, 3.63) is 54.0 Å². The average molecular weight is 431 g/mol. The van der Waals surface area contributed by atoms with Crippen LogP contribution >= 0.6 is 11.8 Å². The Balaban J connectivity index is 1.25.